The van der Waals surface area contributed by atoms with Gasteiger partial charge in [-0.15, -0.1) is 0 Å². The summed E-state index contributed by atoms with van der Waals surface area (Å²) < 4.78 is 32.3. The first-order chi connectivity index (χ1) is 30.5. The molecule has 0 radical (unpaired) electrons. The van der Waals surface area contributed by atoms with Gasteiger partial charge in [-0.3, -0.25) is 19.6 Å². The molecule has 4 aliphatic heterocycles. The van der Waals surface area contributed by atoms with Crippen molar-refractivity contribution in [2.24, 2.45) is 14.1 Å². The van der Waals surface area contributed by atoms with Gasteiger partial charge in [-0.25, -0.2) is 8.78 Å². The van der Waals surface area contributed by atoms with E-state index in [1.165, 1.54) is 46.8 Å². The van der Waals surface area contributed by atoms with Crippen LogP contribution in [0.5, 0.6) is 0 Å². The molecular formula is C51H48F2N8O2. The number of hydrogen-bond acceptors (Lipinski definition) is 6. The number of halogens is 2. The number of fused-ring (bicyclic) bond motifs is 14. The van der Waals surface area contributed by atoms with Gasteiger partial charge >= 0.3 is 0 Å². The zero-order valence-electron chi connectivity index (χ0n) is 35.7. The van der Waals surface area contributed by atoms with Crippen molar-refractivity contribution in [1.29, 1.82) is 0 Å². The van der Waals surface area contributed by atoms with E-state index in [2.05, 4.69) is 73.2 Å². The number of hydrogen-bond donors (Lipinski definition) is 3. The Bertz CT molecular complexity index is 3040. The SMILES string of the molecule is CN1CC2(C1)c1c(c3c(n1C)-c1cc(-c4cccc(F)c4)ncc1CC3)C(=O)NC21CC1.Cn1c2c(c3c1C1(CNC1)C1(CC1)NC3=O)CCc1cnc(-c3cccc(F)c3)cc1-2. The fourth-order valence-electron chi connectivity index (χ4n) is 13.1. The Hall–Kier alpha value is -5.98. The number of pyridine rings is 2. The van der Waals surface area contributed by atoms with E-state index in [4.69, 9.17) is 0 Å². The number of amides is 2. The van der Waals surface area contributed by atoms with E-state index in [9.17, 15) is 18.4 Å². The summed E-state index contributed by atoms with van der Waals surface area (Å²) in [4.78, 5) is 38.3. The Morgan fingerprint density at radius 2 is 1.06 bits per heavy atom. The smallest absolute Gasteiger partial charge is 0.253 e. The average Bonchev–Trinajstić information content (AvgIpc) is 4.16. The maximum Gasteiger partial charge on any atom is 0.253 e. The molecule has 10 nitrogen and oxygen atoms in total. The van der Waals surface area contributed by atoms with Crippen LogP contribution in [-0.4, -0.2) is 80.1 Å². The standard InChI is InChI=1S/C26H25FN4O.C25H23FN4O/c1-30-13-25(14-30)23-21(24(32)29-26(25)8-9-26)18-7-6-16-12-28-20(11-19(16)22(18)31(23)2)15-4-3-5-17(27)10-15;1-30-21-17(20-22(30)24(12-27-13-24)25(7-8-25)29-23(20)31)6-5-15-11-28-19(10-18(15)21)14-3-2-4-16(26)9-14/h3-5,10-12H,6-9,13-14H2,1-2H3,(H,29,32);2-4,9-11,27H,5-8,12-13H2,1H3,(H,29,31). The second kappa shape index (κ2) is 12.6. The molecule has 4 aliphatic carbocycles. The monoisotopic (exact) mass is 842 g/mol. The molecule has 2 aromatic carbocycles. The van der Waals surface area contributed by atoms with E-state index < -0.39 is 0 Å². The van der Waals surface area contributed by atoms with E-state index in [1.54, 1.807) is 12.1 Å². The summed E-state index contributed by atoms with van der Waals surface area (Å²) in [6, 6.07) is 17.3. The van der Waals surface area contributed by atoms with Crippen molar-refractivity contribution in [3.63, 3.8) is 0 Å². The van der Waals surface area contributed by atoms with Crippen molar-refractivity contribution in [2.75, 3.05) is 33.2 Å². The van der Waals surface area contributed by atoms with Gasteiger partial charge in [0.05, 0.1) is 55.8 Å². The van der Waals surface area contributed by atoms with Crippen molar-refractivity contribution in [3.05, 3.63) is 129 Å². The van der Waals surface area contributed by atoms with Crippen LogP contribution in [-0.2, 0) is 50.6 Å². The van der Waals surface area contributed by atoms with Crippen LogP contribution in [0, 0.1) is 11.6 Å². The molecule has 2 saturated carbocycles. The molecule has 63 heavy (non-hydrogen) atoms. The Labute approximate surface area is 364 Å². The van der Waals surface area contributed by atoms with E-state index in [0.717, 1.165) is 145 Å². The number of aromatic nitrogens is 4. The number of rotatable bonds is 2. The molecule has 4 aromatic heterocycles. The lowest BCUT2D eigenvalue weighted by Gasteiger charge is -2.56. The van der Waals surface area contributed by atoms with Crippen molar-refractivity contribution in [1.82, 2.24) is 40.0 Å². The lowest BCUT2D eigenvalue weighted by molar-refractivity contribution is 0.0318. The van der Waals surface area contributed by atoms with E-state index in [0.29, 0.717) is 0 Å². The largest absolute Gasteiger partial charge is 0.346 e. The predicted octanol–water partition coefficient (Wildman–Crippen LogP) is 6.56. The summed E-state index contributed by atoms with van der Waals surface area (Å²) in [5.74, 6) is -0.348. The molecule has 2 amide bonds. The lowest BCUT2D eigenvalue weighted by Crippen LogP contribution is -2.72. The number of likely N-dealkylation sites (N-methyl/N-ethyl adjacent to an activating group) is 1. The quantitative estimate of drug-likeness (QED) is 0.183. The second-order valence-corrected chi connectivity index (χ2v) is 19.7. The fraction of sp³-hybridized carbons (Fsp3) is 0.373. The molecular weight excluding hydrogens is 795 g/mol. The molecule has 14 rings (SSSR count). The van der Waals surface area contributed by atoms with Crippen LogP contribution in [0.25, 0.3) is 45.0 Å². The van der Waals surface area contributed by atoms with Gasteiger partial charge in [0.25, 0.3) is 11.8 Å². The van der Waals surface area contributed by atoms with Gasteiger partial charge in [0.2, 0.25) is 0 Å². The van der Waals surface area contributed by atoms with Crippen molar-refractivity contribution >= 4 is 11.8 Å². The molecule has 4 spiro atoms. The number of carbonyl (C=O) groups excluding carboxylic acids is 2. The lowest BCUT2D eigenvalue weighted by atomic mass is 9.65. The van der Waals surface area contributed by atoms with E-state index in [1.807, 2.05) is 24.5 Å². The number of benzene rings is 2. The Balaban J connectivity index is 0.000000128. The highest BCUT2D eigenvalue weighted by molar-refractivity contribution is 6.04. The molecule has 0 unspecified atom stereocenters. The van der Waals surface area contributed by atoms with Crippen LogP contribution in [0.3, 0.4) is 0 Å². The maximum absolute atomic E-state index is 13.9. The zero-order chi connectivity index (χ0) is 42.8. The number of nitrogens with one attached hydrogen (secondary N) is 3. The Kier molecular flexibility index (Phi) is 7.51. The molecule has 2 saturated heterocycles. The third-order valence-corrected chi connectivity index (χ3v) is 16.3. The minimum absolute atomic E-state index is 0.00430. The highest BCUT2D eigenvalue weighted by Gasteiger charge is 2.70. The third kappa shape index (κ3) is 4.93. The van der Waals surface area contributed by atoms with Gasteiger partial charge in [-0.2, -0.15) is 0 Å². The van der Waals surface area contributed by atoms with Crippen molar-refractivity contribution in [2.45, 2.75) is 73.3 Å². The molecule has 3 N–H and O–H groups in total. The fourth-order valence-corrected chi connectivity index (χ4v) is 13.1. The normalized spacial score (nSPS) is 21.3. The zero-order valence-corrected chi connectivity index (χ0v) is 35.7. The number of nitrogens with zero attached hydrogens (tertiary/aromatic N) is 5. The predicted molar refractivity (Wildman–Crippen MR) is 235 cm³/mol. The molecule has 8 aliphatic rings. The van der Waals surface area contributed by atoms with Crippen LogP contribution in [0.4, 0.5) is 8.78 Å². The van der Waals surface area contributed by atoms with Crippen LogP contribution in [0.2, 0.25) is 0 Å². The van der Waals surface area contributed by atoms with Crippen LogP contribution >= 0.6 is 0 Å². The summed E-state index contributed by atoms with van der Waals surface area (Å²) in [6.45, 7) is 3.78. The maximum atomic E-state index is 13.9. The second-order valence-electron chi connectivity index (χ2n) is 19.7. The van der Waals surface area contributed by atoms with Gasteiger partial charge in [-0.05, 0) is 117 Å². The molecule has 6 aromatic rings. The number of aryl methyl sites for hydroxylation is 2. The van der Waals surface area contributed by atoms with Crippen LogP contribution < -0.4 is 16.0 Å². The van der Waals surface area contributed by atoms with E-state index in [-0.39, 0.29) is 45.4 Å². The third-order valence-electron chi connectivity index (χ3n) is 16.3. The summed E-state index contributed by atoms with van der Waals surface area (Å²) >= 11 is 0. The van der Waals surface area contributed by atoms with E-state index >= 15 is 0 Å². The molecule has 12 heteroatoms. The molecule has 318 valence electrons. The van der Waals surface area contributed by atoms with Gasteiger partial charge in [-0.1, -0.05) is 24.3 Å². The van der Waals surface area contributed by atoms with Gasteiger partial charge < -0.3 is 30.0 Å². The van der Waals surface area contributed by atoms with Crippen LogP contribution in [0.1, 0.15) is 80.0 Å². The Morgan fingerprint density at radius 3 is 1.48 bits per heavy atom. The Morgan fingerprint density at radius 1 is 0.603 bits per heavy atom. The molecule has 4 fully saturated rings. The topological polar surface area (TPSA) is 109 Å². The number of likely N-dealkylation sites (tertiary alicyclic amines) is 1. The highest BCUT2D eigenvalue weighted by Crippen LogP contribution is 2.61. The van der Waals surface area contributed by atoms with Gasteiger partial charge in [0, 0.05) is 86.3 Å². The summed E-state index contributed by atoms with van der Waals surface area (Å²) in [6.07, 6.45) is 11.5. The van der Waals surface area contributed by atoms with Crippen LogP contribution in [0.15, 0.2) is 73.1 Å². The highest BCUT2D eigenvalue weighted by atomic mass is 19.1. The molecule has 0 atom stereocenters. The molecule has 8 heterocycles. The first-order valence-electron chi connectivity index (χ1n) is 22.4. The first kappa shape index (κ1) is 37.6. The molecule has 0 bridgehead atoms. The van der Waals surface area contributed by atoms with Gasteiger partial charge in [0.1, 0.15) is 11.6 Å². The first-order valence-corrected chi connectivity index (χ1v) is 22.4. The summed E-state index contributed by atoms with van der Waals surface area (Å²) in [5, 5.41) is 10.3. The van der Waals surface area contributed by atoms with Gasteiger partial charge in [0.15, 0.2) is 0 Å². The minimum atomic E-state index is -0.266. The summed E-state index contributed by atoms with van der Waals surface area (Å²) in [5.41, 5.74) is 16.3. The average molecular weight is 843 g/mol. The summed E-state index contributed by atoms with van der Waals surface area (Å²) in [7, 11) is 6.40. The number of carbonyl (C=O) groups is 2. The van der Waals surface area contributed by atoms with Crippen molar-refractivity contribution < 1.29 is 18.4 Å². The van der Waals surface area contributed by atoms with Crippen molar-refractivity contribution in [3.8, 4) is 45.0 Å². The minimum Gasteiger partial charge on any atom is -0.346 e.